The first-order valence-electron chi connectivity index (χ1n) is 8.60. The van der Waals surface area contributed by atoms with Gasteiger partial charge < -0.3 is 9.84 Å². The van der Waals surface area contributed by atoms with E-state index in [0.29, 0.717) is 12.2 Å². The molecule has 0 heterocycles. The van der Waals surface area contributed by atoms with E-state index in [1.807, 2.05) is 13.0 Å². The van der Waals surface area contributed by atoms with Crippen LogP contribution in [-0.2, 0) is 9.53 Å². The molecule has 0 amide bonds. The van der Waals surface area contributed by atoms with E-state index in [0.717, 1.165) is 36.0 Å². The summed E-state index contributed by atoms with van der Waals surface area (Å²) in [5.74, 6) is 4.70. The highest BCUT2D eigenvalue weighted by Gasteiger charge is 2.13. The number of carboxylic acids is 1. The Hall–Kier alpha value is -3.06. The van der Waals surface area contributed by atoms with Gasteiger partial charge in [-0.1, -0.05) is 17.4 Å². The van der Waals surface area contributed by atoms with Gasteiger partial charge in [0.15, 0.2) is 0 Å². The van der Waals surface area contributed by atoms with Crippen LogP contribution < -0.4 is 0 Å². The Morgan fingerprint density at radius 3 is 2.62 bits per heavy atom. The van der Waals surface area contributed by atoms with Crippen molar-refractivity contribution < 1.29 is 19.4 Å². The second-order valence-electron chi connectivity index (χ2n) is 5.96. The van der Waals surface area contributed by atoms with Crippen molar-refractivity contribution in [2.75, 3.05) is 6.61 Å². The Labute approximate surface area is 153 Å². The maximum absolute atomic E-state index is 11.6. The predicted octanol–water partition coefficient (Wildman–Crippen LogP) is 4.28. The number of aliphatic carboxylic acids is 1. The third-order valence-electron chi connectivity index (χ3n) is 4.05. The predicted molar refractivity (Wildman–Crippen MR) is 101 cm³/mol. The smallest absolute Gasteiger partial charge is 0.338 e. The molecule has 0 radical (unpaired) electrons. The molecule has 0 saturated heterocycles. The molecule has 134 valence electrons. The minimum Gasteiger partial charge on any atom is -0.478 e. The molecule has 26 heavy (non-hydrogen) atoms. The Morgan fingerprint density at radius 2 is 1.96 bits per heavy atom. The van der Waals surface area contributed by atoms with Gasteiger partial charge in [0.2, 0.25) is 0 Å². The van der Waals surface area contributed by atoms with Crippen molar-refractivity contribution in [3.05, 3.63) is 70.3 Å². The van der Waals surface area contributed by atoms with Gasteiger partial charge in [0.25, 0.3) is 0 Å². The quantitative estimate of drug-likeness (QED) is 0.500. The van der Waals surface area contributed by atoms with Crippen molar-refractivity contribution in [3.8, 4) is 11.8 Å². The summed E-state index contributed by atoms with van der Waals surface area (Å²) < 4.78 is 4.94. The maximum atomic E-state index is 11.6. The summed E-state index contributed by atoms with van der Waals surface area (Å²) in [7, 11) is 0. The Morgan fingerprint density at radius 1 is 1.23 bits per heavy atom. The van der Waals surface area contributed by atoms with Crippen LogP contribution in [-0.4, -0.2) is 23.7 Å². The lowest BCUT2D eigenvalue weighted by molar-refractivity contribution is -0.131. The van der Waals surface area contributed by atoms with Crippen LogP contribution in [0.25, 0.3) is 0 Å². The molecule has 4 nitrogen and oxygen atoms in total. The normalized spacial score (nSPS) is 15.7. The lowest BCUT2D eigenvalue weighted by atomic mass is 9.87. The zero-order chi connectivity index (χ0) is 18.9. The number of carboxylic acid groups (broad SMARTS) is 1. The molecular formula is C22H22O4. The summed E-state index contributed by atoms with van der Waals surface area (Å²) in [5, 5.41) is 9.00. The van der Waals surface area contributed by atoms with Crippen LogP contribution in [0.15, 0.2) is 59.2 Å². The maximum Gasteiger partial charge on any atom is 0.338 e. The van der Waals surface area contributed by atoms with Gasteiger partial charge in [0.05, 0.1) is 12.2 Å². The second kappa shape index (κ2) is 9.43. The largest absolute Gasteiger partial charge is 0.478 e. The van der Waals surface area contributed by atoms with Gasteiger partial charge in [-0.3, -0.25) is 0 Å². The fourth-order valence-corrected chi connectivity index (χ4v) is 2.79. The highest BCUT2D eigenvalue weighted by Crippen LogP contribution is 2.30. The van der Waals surface area contributed by atoms with Crippen LogP contribution in [0.5, 0.6) is 0 Å². The molecule has 1 aliphatic rings. The highest BCUT2D eigenvalue weighted by atomic mass is 16.5. The average Bonchev–Trinajstić information content (AvgIpc) is 2.61. The van der Waals surface area contributed by atoms with E-state index in [4.69, 9.17) is 9.84 Å². The molecule has 0 aliphatic heterocycles. The SMILES string of the molecule is CCOC(=O)c1ccc(C#C/C=C/C2=C(C)CCC/C2=C\C(=O)O)cc1. The van der Waals surface area contributed by atoms with Gasteiger partial charge in [-0.2, -0.15) is 0 Å². The Kier molecular flexibility index (Phi) is 6.99. The van der Waals surface area contributed by atoms with Gasteiger partial charge in [-0.05, 0) is 80.7 Å². The first-order valence-corrected chi connectivity index (χ1v) is 8.60. The molecular weight excluding hydrogens is 328 g/mol. The van der Waals surface area contributed by atoms with Crippen molar-refractivity contribution in [3.63, 3.8) is 0 Å². The minimum absolute atomic E-state index is 0.343. The van der Waals surface area contributed by atoms with Gasteiger partial charge in [-0.15, -0.1) is 0 Å². The molecule has 0 bridgehead atoms. The highest BCUT2D eigenvalue weighted by molar-refractivity contribution is 5.89. The number of ether oxygens (including phenoxy) is 1. The van der Waals surface area contributed by atoms with Crippen molar-refractivity contribution >= 4 is 11.9 Å². The number of esters is 1. The number of carbonyl (C=O) groups excluding carboxylic acids is 1. The lowest BCUT2D eigenvalue weighted by Gasteiger charge is -2.18. The number of rotatable bonds is 4. The second-order valence-corrected chi connectivity index (χ2v) is 5.96. The summed E-state index contributed by atoms with van der Waals surface area (Å²) >= 11 is 0. The van der Waals surface area contributed by atoms with Crippen molar-refractivity contribution in [2.45, 2.75) is 33.1 Å². The van der Waals surface area contributed by atoms with E-state index in [2.05, 4.69) is 11.8 Å². The lowest BCUT2D eigenvalue weighted by Crippen LogP contribution is -2.04. The van der Waals surface area contributed by atoms with Crippen molar-refractivity contribution in [1.82, 2.24) is 0 Å². The molecule has 1 N–H and O–H groups in total. The summed E-state index contributed by atoms with van der Waals surface area (Å²) in [6.45, 7) is 4.14. The fourth-order valence-electron chi connectivity index (χ4n) is 2.79. The molecule has 0 atom stereocenters. The number of carbonyl (C=O) groups is 2. The van der Waals surface area contributed by atoms with E-state index in [9.17, 15) is 9.59 Å². The first-order chi connectivity index (χ1) is 12.5. The molecule has 0 aromatic heterocycles. The standard InChI is InChI=1S/C22H22O4/c1-3-26-22(25)18-13-11-17(12-14-18)8-4-5-10-20-16(2)7-6-9-19(20)15-21(23)24/h5,10-15H,3,6-7,9H2,1-2H3,(H,23,24)/b10-5+,19-15+. The number of benzene rings is 1. The zero-order valence-electron chi connectivity index (χ0n) is 15.0. The summed E-state index contributed by atoms with van der Waals surface area (Å²) in [4.78, 5) is 22.6. The molecule has 0 unspecified atom stereocenters. The van der Waals surface area contributed by atoms with Crippen LogP contribution in [0.1, 0.15) is 49.0 Å². The monoisotopic (exact) mass is 350 g/mol. The first kappa shape index (κ1) is 19.3. The van der Waals surface area contributed by atoms with Crippen LogP contribution in [0.4, 0.5) is 0 Å². The van der Waals surface area contributed by atoms with Crippen LogP contribution in [0.3, 0.4) is 0 Å². The van der Waals surface area contributed by atoms with Gasteiger partial charge >= 0.3 is 11.9 Å². The minimum atomic E-state index is -0.923. The molecule has 4 heteroatoms. The van der Waals surface area contributed by atoms with Crippen LogP contribution in [0.2, 0.25) is 0 Å². The summed E-state index contributed by atoms with van der Waals surface area (Å²) in [5.41, 5.74) is 4.28. The van der Waals surface area contributed by atoms with Gasteiger partial charge in [-0.25, -0.2) is 9.59 Å². The van der Waals surface area contributed by atoms with E-state index in [1.165, 1.54) is 11.6 Å². The Bertz CT molecular complexity index is 827. The molecule has 2 rings (SSSR count). The number of hydrogen-bond acceptors (Lipinski definition) is 3. The molecule has 0 spiro atoms. The fraction of sp³-hybridized carbons (Fsp3) is 0.273. The summed E-state index contributed by atoms with van der Waals surface area (Å²) in [6, 6.07) is 6.92. The number of hydrogen-bond donors (Lipinski definition) is 1. The topological polar surface area (TPSA) is 63.6 Å². The zero-order valence-corrected chi connectivity index (χ0v) is 15.0. The third kappa shape index (κ3) is 5.49. The van der Waals surface area contributed by atoms with Crippen LogP contribution in [0, 0.1) is 11.8 Å². The van der Waals surface area contributed by atoms with Crippen molar-refractivity contribution in [2.24, 2.45) is 0 Å². The third-order valence-corrected chi connectivity index (χ3v) is 4.05. The Balaban J connectivity index is 2.11. The average molecular weight is 350 g/mol. The van der Waals surface area contributed by atoms with E-state index < -0.39 is 5.97 Å². The van der Waals surface area contributed by atoms with Gasteiger partial charge in [0, 0.05) is 11.6 Å². The molecule has 1 aliphatic carbocycles. The summed E-state index contributed by atoms with van der Waals surface area (Å²) in [6.07, 6.45) is 7.61. The van der Waals surface area contributed by atoms with E-state index in [-0.39, 0.29) is 5.97 Å². The molecule has 1 aromatic carbocycles. The van der Waals surface area contributed by atoms with E-state index >= 15 is 0 Å². The van der Waals surface area contributed by atoms with Crippen molar-refractivity contribution in [1.29, 1.82) is 0 Å². The van der Waals surface area contributed by atoms with E-state index in [1.54, 1.807) is 37.3 Å². The van der Waals surface area contributed by atoms with Crippen LogP contribution >= 0.6 is 0 Å². The van der Waals surface area contributed by atoms with Gasteiger partial charge in [0.1, 0.15) is 0 Å². The molecule has 1 aromatic rings. The number of allylic oxidation sites excluding steroid dienone is 5. The molecule has 0 fully saturated rings. The molecule has 0 saturated carbocycles.